The summed E-state index contributed by atoms with van der Waals surface area (Å²) in [5, 5.41) is 6.55. The number of nitrogens with zero attached hydrogens (tertiary/aromatic N) is 4. The van der Waals surface area contributed by atoms with E-state index in [0.29, 0.717) is 5.95 Å². The van der Waals surface area contributed by atoms with Gasteiger partial charge in [-0.05, 0) is 19.3 Å². The first-order valence-corrected chi connectivity index (χ1v) is 9.05. The minimum absolute atomic E-state index is 0.0803. The van der Waals surface area contributed by atoms with Crippen LogP contribution in [0.15, 0.2) is 12.4 Å². The molecule has 1 amide bonds. The largest absolute Gasteiger partial charge is 0.354 e. The normalized spacial score (nSPS) is 21.9. The van der Waals surface area contributed by atoms with Crippen molar-refractivity contribution in [1.82, 2.24) is 25.1 Å². The molecule has 7 nitrogen and oxygen atoms in total. The molecule has 1 aromatic rings. The number of nitrogens with one attached hydrogen (secondary N) is 2. The van der Waals surface area contributed by atoms with Crippen molar-refractivity contribution in [1.29, 1.82) is 0 Å². The fourth-order valence-electron chi connectivity index (χ4n) is 3.30. The van der Waals surface area contributed by atoms with Gasteiger partial charge in [0.05, 0.1) is 6.04 Å². The molecule has 1 aromatic heterocycles. The highest BCUT2D eigenvalue weighted by atomic mass is 16.2. The maximum absolute atomic E-state index is 12.5. The number of likely N-dealkylation sites (tertiary alicyclic amines) is 1. The summed E-state index contributed by atoms with van der Waals surface area (Å²) in [6.07, 6.45) is 7.09. The van der Waals surface area contributed by atoms with Gasteiger partial charge in [-0.25, -0.2) is 9.97 Å². The molecule has 1 atom stereocenters. The fourth-order valence-corrected chi connectivity index (χ4v) is 3.30. The van der Waals surface area contributed by atoms with Crippen molar-refractivity contribution < 1.29 is 4.79 Å². The lowest BCUT2D eigenvalue weighted by Crippen LogP contribution is -2.57. The van der Waals surface area contributed by atoms with Gasteiger partial charge >= 0.3 is 0 Å². The molecule has 24 heavy (non-hydrogen) atoms. The van der Waals surface area contributed by atoms with Crippen molar-refractivity contribution in [2.24, 2.45) is 0 Å². The predicted octanol–water partition coefficient (Wildman–Crippen LogP) is 0.695. The number of carbonyl (C=O) groups excluding carboxylic acids is 1. The third-order valence-corrected chi connectivity index (χ3v) is 4.62. The first-order chi connectivity index (χ1) is 11.8. The zero-order valence-electron chi connectivity index (χ0n) is 14.5. The Balaban J connectivity index is 1.52. The molecular formula is C17H28N6O. The summed E-state index contributed by atoms with van der Waals surface area (Å²) in [4.78, 5) is 25.6. The fraction of sp³-hybridized carbons (Fsp3) is 0.706. The van der Waals surface area contributed by atoms with Gasteiger partial charge in [0.25, 0.3) is 0 Å². The monoisotopic (exact) mass is 332 g/mol. The summed E-state index contributed by atoms with van der Waals surface area (Å²) in [5.41, 5.74) is 1.09. The van der Waals surface area contributed by atoms with Crippen LogP contribution in [0.2, 0.25) is 0 Å². The highest BCUT2D eigenvalue weighted by Crippen LogP contribution is 2.13. The molecule has 0 aliphatic carbocycles. The van der Waals surface area contributed by atoms with E-state index in [9.17, 15) is 4.79 Å². The summed E-state index contributed by atoms with van der Waals surface area (Å²) in [6.45, 7) is 8.17. The molecule has 2 saturated heterocycles. The number of rotatable bonds is 6. The molecule has 0 radical (unpaired) electrons. The Morgan fingerprint density at radius 1 is 1.29 bits per heavy atom. The van der Waals surface area contributed by atoms with Crippen LogP contribution in [-0.2, 0) is 11.3 Å². The summed E-state index contributed by atoms with van der Waals surface area (Å²) < 4.78 is 0. The number of aromatic nitrogens is 2. The molecule has 2 fully saturated rings. The second-order valence-corrected chi connectivity index (χ2v) is 6.62. The molecule has 0 spiro atoms. The predicted molar refractivity (Wildman–Crippen MR) is 93.7 cm³/mol. The van der Waals surface area contributed by atoms with Crippen LogP contribution in [0.1, 0.15) is 31.7 Å². The molecule has 3 rings (SSSR count). The number of carbonyl (C=O) groups is 1. The van der Waals surface area contributed by atoms with Gasteiger partial charge in [0, 0.05) is 63.8 Å². The van der Waals surface area contributed by atoms with E-state index < -0.39 is 0 Å². The van der Waals surface area contributed by atoms with Crippen LogP contribution in [0.4, 0.5) is 5.95 Å². The van der Waals surface area contributed by atoms with Crippen molar-refractivity contribution in [3.05, 3.63) is 18.0 Å². The molecule has 0 saturated carbocycles. The number of amides is 1. The molecule has 2 N–H and O–H groups in total. The Morgan fingerprint density at radius 3 is 2.75 bits per heavy atom. The Morgan fingerprint density at radius 2 is 2.04 bits per heavy atom. The Kier molecular flexibility index (Phi) is 5.98. The van der Waals surface area contributed by atoms with E-state index in [1.54, 1.807) is 0 Å². The third-order valence-electron chi connectivity index (χ3n) is 4.62. The van der Waals surface area contributed by atoms with E-state index in [1.165, 1.54) is 0 Å². The molecule has 0 aromatic carbocycles. The first kappa shape index (κ1) is 17.1. The van der Waals surface area contributed by atoms with Gasteiger partial charge in [0.15, 0.2) is 0 Å². The molecule has 1 unspecified atom stereocenters. The summed E-state index contributed by atoms with van der Waals surface area (Å²) in [6, 6.07) is -0.0803. The number of hydrogen-bond acceptors (Lipinski definition) is 6. The van der Waals surface area contributed by atoms with Crippen LogP contribution in [0.25, 0.3) is 0 Å². The molecule has 2 aliphatic heterocycles. The summed E-state index contributed by atoms with van der Waals surface area (Å²) in [5.74, 6) is 0.940. The average molecular weight is 332 g/mol. The van der Waals surface area contributed by atoms with E-state index in [2.05, 4.69) is 32.4 Å². The lowest BCUT2D eigenvalue weighted by molar-refractivity contribution is -0.133. The average Bonchev–Trinajstić information content (AvgIpc) is 3.15. The van der Waals surface area contributed by atoms with Gasteiger partial charge in [-0.2, -0.15) is 0 Å². The van der Waals surface area contributed by atoms with Crippen LogP contribution in [0, 0.1) is 0 Å². The Bertz CT molecular complexity index is 528. The van der Waals surface area contributed by atoms with Crippen molar-refractivity contribution in [3.63, 3.8) is 0 Å². The van der Waals surface area contributed by atoms with Gasteiger partial charge in [0.2, 0.25) is 11.9 Å². The lowest BCUT2D eigenvalue weighted by Gasteiger charge is -2.34. The molecule has 0 bridgehead atoms. The maximum atomic E-state index is 12.5. The lowest BCUT2D eigenvalue weighted by atomic mass is 10.1. The second kappa shape index (κ2) is 8.39. The van der Waals surface area contributed by atoms with E-state index in [4.69, 9.17) is 0 Å². The molecule has 3 heterocycles. The molecule has 2 aliphatic rings. The van der Waals surface area contributed by atoms with Crippen LogP contribution >= 0.6 is 0 Å². The topological polar surface area (TPSA) is 73.4 Å². The van der Waals surface area contributed by atoms with Gasteiger partial charge in [-0.15, -0.1) is 0 Å². The van der Waals surface area contributed by atoms with Crippen molar-refractivity contribution in [2.75, 3.05) is 44.6 Å². The van der Waals surface area contributed by atoms with Gasteiger partial charge < -0.3 is 15.5 Å². The summed E-state index contributed by atoms with van der Waals surface area (Å²) >= 11 is 0. The number of anilines is 1. The van der Waals surface area contributed by atoms with Crippen molar-refractivity contribution in [3.8, 4) is 0 Å². The summed E-state index contributed by atoms with van der Waals surface area (Å²) in [7, 11) is 0. The number of piperazine rings is 1. The Labute approximate surface area is 143 Å². The molecule has 132 valence electrons. The standard InChI is InChI=1S/C17H28N6O/c1-2-5-19-17-20-10-14(11-21-17)12-22-9-6-18-15(13-22)16(24)23-7-3-4-8-23/h10-11,15,18H,2-9,12-13H2,1H3,(H,19,20,21). The van der Waals surface area contributed by atoms with Crippen LogP contribution < -0.4 is 10.6 Å². The van der Waals surface area contributed by atoms with Gasteiger partial charge in [-0.1, -0.05) is 6.92 Å². The Hall–Kier alpha value is -1.73. The van der Waals surface area contributed by atoms with Crippen LogP contribution in [-0.4, -0.2) is 71.0 Å². The first-order valence-electron chi connectivity index (χ1n) is 9.05. The second-order valence-electron chi connectivity index (χ2n) is 6.62. The molecule has 7 heteroatoms. The zero-order valence-corrected chi connectivity index (χ0v) is 14.5. The minimum atomic E-state index is -0.0803. The van der Waals surface area contributed by atoms with Gasteiger partial charge in [-0.3, -0.25) is 9.69 Å². The van der Waals surface area contributed by atoms with E-state index in [1.807, 2.05) is 17.3 Å². The third kappa shape index (κ3) is 4.42. The zero-order chi connectivity index (χ0) is 16.8. The maximum Gasteiger partial charge on any atom is 0.241 e. The van der Waals surface area contributed by atoms with E-state index in [-0.39, 0.29) is 11.9 Å². The quantitative estimate of drug-likeness (QED) is 0.799. The van der Waals surface area contributed by atoms with Crippen LogP contribution in [0.5, 0.6) is 0 Å². The van der Waals surface area contributed by atoms with E-state index in [0.717, 1.165) is 70.6 Å². The molecular weight excluding hydrogens is 304 g/mol. The van der Waals surface area contributed by atoms with Crippen molar-refractivity contribution in [2.45, 2.75) is 38.8 Å². The highest BCUT2D eigenvalue weighted by Gasteiger charge is 2.30. The SMILES string of the molecule is CCCNc1ncc(CN2CCNC(C(=O)N3CCCC3)C2)cn1. The number of hydrogen-bond donors (Lipinski definition) is 2. The smallest absolute Gasteiger partial charge is 0.241 e. The van der Waals surface area contributed by atoms with Crippen LogP contribution in [0.3, 0.4) is 0 Å². The minimum Gasteiger partial charge on any atom is -0.354 e. The highest BCUT2D eigenvalue weighted by molar-refractivity contribution is 5.82. The van der Waals surface area contributed by atoms with E-state index >= 15 is 0 Å². The van der Waals surface area contributed by atoms with Gasteiger partial charge in [0.1, 0.15) is 0 Å². The van der Waals surface area contributed by atoms with Crippen molar-refractivity contribution >= 4 is 11.9 Å².